The summed E-state index contributed by atoms with van der Waals surface area (Å²) in [5, 5.41) is 9.03. The molecule has 32 heavy (non-hydrogen) atoms. The van der Waals surface area contributed by atoms with Crippen molar-refractivity contribution in [3.8, 4) is 17.2 Å². The summed E-state index contributed by atoms with van der Waals surface area (Å²) >= 11 is 0. The van der Waals surface area contributed by atoms with Crippen LogP contribution in [0.15, 0.2) is 77.2 Å². The minimum absolute atomic E-state index is 0.187. The highest BCUT2D eigenvalue weighted by atomic mass is 16.5. The van der Waals surface area contributed by atoms with Gasteiger partial charge in [-0.05, 0) is 54.4 Å². The molecule has 1 N–H and O–H groups in total. The average molecular weight is 429 g/mol. The second kappa shape index (κ2) is 9.47. The van der Waals surface area contributed by atoms with E-state index < -0.39 is 11.9 Å². The number of aliphatic carboxylic acids is 1. The highest BCUT2D eigenvalue weighted by molar-refractivity contribution is 6.01. The molecule has 0 saturated carbocycles. The zero-order chi connectivity index (χ0) is 22.5. The lowest BCUT2D eigenvalue weighted by molar-refractivity contribution is -0.137. The van der Waals surface area contributed by atoms with E-state index in [0.29, 0.717) is 35.6 Å². The molecule has 162 valence electrons. The predicted molar refractivity (Wildman–Crippen MR) is 121 cm³/mol. The Morgan fingerprint density at radius 1 is 1.03 bits per heavy atom. The summed E-state index contributed by atoms with van der Waals surface area (Å²) in [5.41, 5.74) is 3.43. The van der Waals surface area contributed by atoms with Gasteiger partial charge in [0, 0.05) is 17.0 Å². The van der Waals surface area contributed by atoms with E-state index in [0.717, 1.165) is 16.9 Å². The molecule has 4 aromatic rings. The highest BCUT2D eigenvalue weighted by Gasteiger charge is 2.22. The average Bonchev–Trinajstić information content (AvgIpc) is 3.25. The number of rotatable bonds is 9. The summed E-state index contributed by atoms with van der Waals surface area (Å²) in [6.45, 7) is 2.30. The fourth-order valence-corrected chi connectivity index (χ4v) is 3.50. The van der Waals surface area contributed by atoms with Gasteiger partial charge < -0.3 is 14.3 Å². The molecule has 3 aromatic carbocycles. The SMILES string of the molecule is CCC(CC(=O)O)C(=O)c1ccc2nc(-c3ccc(OCc4ccccc4)cc3)oc2c1. The van der Waals surface area contributed by atoms with Crippen molar-refractivity contribution in [3.05, 3.63) is 83.9 Å². The van der Waals surface area contributed by atoms with Crippen molar-refractivity contribution < 1.29 is 23.8 Å². The maximum atomic E-state index is 12.7. The van der Waals surface area contributed by atoms with Crippen molar-refractivity contribution in [3.63, 3.8) is 0 Å². The molecule has 0 fully saturated rings. The van der Waals surface area contributed by atoms with Crippen molar-refractivity contribution in [2.75, 3.05) is 0 Å². The Morgan fingerprint density at radius 2 is 1.78 bits per heavy atom. The number of Topliss-reactive ketones (excluding diaryl/α,β-unsaturated/α-hetero) is 1. The Labute approximate surface area is 185 Å². The number of ketones is 1. The molecule has 1 atom stereocenters. The normalized spacial score (nSPS) is 11.9. The standard InChI is InChI=1S/C26H23NO5/c1-2-18(15-24(28)29)25(30)20-10-13-22-23(14-20)32-26(27-22)19-8-11-21(12-9-19)31-16-17-6-4-3-5-7-17/h3-14,18H,2,15-16H2,1H3,(H,28,29). The van der Waals surface area contributed by atoms with Crippen LogP contribution in [0.25, 0.3) is 22.6 Å². The summed E-state index contributed by atoms with van der Waals surface area (Å²) in [4.78, 5) is 28.2. The molecule has 0 aliphatic heterocycles. The Balaban J connectivity index is 1.50. The third kappa shape index (κ3) is 4.86. The molecule has 0 amide bonds. The van der Waals surface area contributed by atoms with Crippen LogP contribution in [0.4, 0.5) is 0 Å². The molecule has 0 bridgehead atoms. The number of carbonyl (C=O) groups excluding carboxylic acids is 1. The van der Waals surface area contributed by atoms with Gasteiger partial charge >= 0.3 is 5.97 Å². The van der Waals surface area contributed by atoms with Crippen LogP contribution in [0, 0.1) is 5.92 Å². The van der Waals surface area contributed by atoms with E-state index in [1.807, 2.05) is 61.5 Å². The second-order valence-corrected chi connectivity index (χ2v) is 7.57. The van der Waals surface area contributed by atoms with E-state index in [-0.39, 0.29) is 12.2 Å². The maximum absolute atomic E-state index is 12.7. The Kier molecular flexibility index (Phi) is 6.31. The largest absolute Gasteiger partial charge is 0.489 e. The Bertz CT molecular complexity index is 1230. The number of oxazole rings is 1. The lowest BCUT2D eigenvalue weighted by Crippen LogP contribution is -2.17. The number of carbonyl (C=O) groups is 2. The molecule has 0 aliphatic rings. The summed E-state index contributed by atoms with van der Waals surface area (Å²) < 4.78 is 11.7. The molecule has 6 heteroatoms. The predicted octanol–water partition coefficient (Wildman–Crippen LogP) is 5.76. The lowest BCUT2D eigenvalue weighted by Gasteiger charge is -2.10. The molecule has 0 spiro atoms. The molecular weight excluding hydrogens is 406 g/mol. The van der Waals surface area contributed by atoms with Gasteiger partial charge in [-0.2, -0.15) is 0 Å². The number of fused-ring (bicyclic) bond motifs is 1. The van der Waals surface area contributed by atoms with Gasteiger partial charge in [0.15, 0.2) is 11.4 Å². The second-order valence-electron chi connectivity index (χ2n) is 7.57. The van der Waals surface area contributed by atoms with Crippen LogP contribution in [0.2, 0.25) is 0 Å². The first-order valence-corrected chi connectivity index (χ1v) is 10.5. The lowest BCUT2D eigenvalue weighted by atomic mass is 9.92. The summed E-state index contributed by atoms with van der Waals surface area (Å²) in [6, 6.07) is 22.4. The minimum atomic E-state index is -0.982. The van der Waals surface area contributed by atoms with Crippen molar-refractivity contribution in [2.45, 2.75) is 26.4 Å². The molecule has 0 saturated heterocycles. The number of carboxylic acid groups (broad SMARTS) is 1. The van der Waals surface area contributed by atoms with Crippen molar-refractivity contribution in [1.29, 1.82) is 0 Å². The topological polar surface area (TPSA) is 89.6 Å². The molecule has 0 radical (unpaired) electrons. The molecule has 1 unspecified atom stereocenters. The van der Waals surface area contributed by atoms with E-state index in [2.05, 4.69) is 4.98 Å². The monoisotopic (exact) mass is 429 g/mol. The van der Waals surface area contributed by atoms with Gasteiger partial charge in [0.25, 0.3) is 0 Å². The number of benzene rings is 3. The number of ether oxygens (including phenoxy) is 1. The van der Waals surface area contributed by atoms with Gasteiger partial charge in [-0.1, -0.05) is 37.3 Å². The van der Waals surface area contributed by atoms with Crippen LogP contribution in [0.5, 0.6) is 5.75 Å². The molecule has 4 rings (SSSR count). The number of aromatic nitrogens is 1. The molecule has 6 nitrogen and oxygen atoms in total. The van der Waals surface area contributed by atoms with Crippen LogP contribution in [-0.4, -0.2) is 21.8 Å². The van der Waals surface area contributed by atoms with E-state index in [4.69, 9.17) is 14.3 Å². The van der Waals surface area contributed by atoms with E-state index in [9.17, 15) is 9.59 Å². The third-order valence-electron chi connectivity index (χ3n) is 5.31. The van der Waals surface area contributed by atoms with Gasteiger partial charge in [-0.25, -0.2) is 4.98 Å². The smallest absolute Gasteiger partial charge is 0.304 e. The molecule has 1 heterocycles. The first kappa shape index (κ1) is 21.3. The van der Waals surface area contributed by atoms with Crippen LogP contribution in [-0.2, 0) is 11.4 Å². The zero-order valence-corrected chi connectivity index (χ0v) is 17.7. The van der Waals surface area contributed by atoms with Crippen molar-refractivity contribution in [1.82, 2.24) is 4.98 Å². The highest BCUT2D eigenvalue weighted by Crippen LogP contribution is 2.28. The van der Waals surface area contributed by atoms with Crippen LogP contribution >= 0.6 is 0 Å². The van der Waals surface area contributed by atoms with Crippen LogP contribution in [0.1, 0.15) is 35.7 Å². The third-order valence-corrected chi connectivity index (χ3v) is 5.31. The number of hydrogen-bond donors (Lipinski definition) is 1. The van der Waals surface area contributed by atoms with Gasteiger partial charge in [0.2, 0.25) is 5.89 Å². The molecule has 1 aromatic heterocycles. The van der Waals surface area contributed by atoms with Gasteiger partial charge in [-0.3, -0.25) is 9.59 Å². The summed E-state index contributed by atoms with van der Waals surface area (Å²) in [7, 11) is 0. The first-order chi connectivity index (χ1) is 15.5. The number of hydrogen-bond acceptors (Lipinski definition) is 5. The molecular formula is C26H23NO5. The van der Waals surface area contributed by atoms with Crippen LogP contribution < -0.4 is 4.74 Å². The zero-order valence-electron chi connectivity index (χ0n) is 17.7. The summed E-state index contributed by atoms with van der Waals surface area (Å²) in [6.07, 6.45) is 0.275. The quantitative estimate of drug-likeness (QED) is 0.340. The van der Waals surface area contributed by atoms with Crippen LogP contribution in [0.3, 0.4) is 0 Å². The van der Waals surface area contributed by atoms with E-state index >= 15 is 0 Å². The summed E-state index contributed by atoms with van der Waals surface area (Å²) in [5.74, 6) is -0.558. The minimum Gasteiger partial charge on any atom is -0.489 e. The Hall–Kier alpha value is -3.93. The van der Waals surface area contributed by atoms with Gasteiger partial charge in [0.1, 0.15) is 17.9 Å². The fourth-order valence-electron chi connectivity index (χ4n) is 3.50. The van der Waals surface area contributed by atoms with Gasteiger partial charge in [-0.15, -0.1) is 0 Å². The van der Waals surface area contributed by atoms with Crippen molar-refractivity contribution in [2.24, 2.45) is 5.92 Å². The Morgan fingerprint density at radius 3 is 2.47 bits per heavy atom. The fraction of sp³-hybridized carbons (Fsp3) is 0.192. The van der Waals surface area contributed by atoms with Gasteiger partial charge in [0.05, 0.1) is 6.42 Å². The number of nitrogens with zero attached hydrogens (tertiary/aromatic N) is 1. The van der Waals surface area contributed by atoms with E-state index in [1.165, 1.54) is 0 Å². The van der Waals surface area contributed by atoms with Crippen molar-refractivity contribution >= 4 is 22.9 Å². The molecule has 0 aliphatic carbocycles. The maximum Gasteiger partial charge on any atom is 0.304 e. The number of carboxylic acids is 1. The van der Waals surface area contributed by atoms with E-state index in [1.54, 1.807) is 18.2 Å². The first-order valence-electron chi connectivity index (χ1n) is 10.5.